The maximum absolute atomic E-state index is 5.60. The van der Waals surface area contributed by atoms with Gasteiger partial charge in [-0.2, -0.15) is 0 Å². The van der Waals surface area contributed by atoms with Crippen molar-refractivity contribution >= 4 is 0 Å². The molecule has 0 bridgehead atoms. The van der Waals surface area contributed by atoms with Crippen molar-refractivity contribution in [2.24, 2.45) is 17.7 Å². The number of nitrogens with two attached hydrogens (primary N) is 1. The topological polar surface area (TPSA) is 38.0 Å². The van der Waals surface area contributed by atoms with E-state index in [2.05, 4.69) is 19.3 Å². The Morgan fingerprint density at radius 1 is 1.36 bits per heavy atom. The molecule has 2 unspecified atom stereocenters. The van der Waals surface area contributed by atoms with Gasteiger partial charge in [0.25, 0.3) is 0 Å². The highest BCUT2D eigenvalue weighted by molar-refractivity contribution is 4.75. The van der Waals surface area contributed by atoms with Gasteiger partial charge in [0.15, 0.2) is 0 Å². The zero-order valence-corrected chi connectivity index (χ0v) is 9.76. The van der Waals surface area contributed by atoms with Crippen molar-refractivity contribution in [3.8, 4) is 0 Å². The Labute approximate surface area is 88.6 Å². The summed E-state index contributed by atoms with van der Waals surface area (Å²) in [6, 6.07) is 0.549. The third-order valence-corrected chi connectivity index (χ3v) is 3.71. The van der Waals surface area contributed by atoms with E-state index in [-0.39, 0.29) is 0 Å². The van der Waals surface area contributed by atoms with E-state index in [1.807, 2.05) is 0 Å². The molecule has 0 aromatic carbocycles. The molecule has 1 aliphatic rings. The predicted molar refractivity (Wildman–Crippen MR) is 61.8 cm³/mol. The van der Waals surface area contributed by atoms with Crippen LogP contribution in [0.3, 0.4) is 0 Å². The minimum atomic E-state index is 0.549. The summed E-state index contributed by atoms with van der Waals surface area (Å²) in [5, 5.41) is 0. The molecule has 1 rings (SSSR count). The number of hydrogen-bond acceptors (Lipinski definition) is 2. The van der Waals surface area contributed by atoms with Gasteiger partial charge >= 0.3 is 0 Å². The van der Waals surface area contributed by atoms with Crippen LogP contribution in [0.2, 0.25) is 0 Å². The second kappa shape index (κ2) is 6.41. The van der Waals surface area contributed by atoms with E-state index in [0.717, 1.165) is 11.8 Å². The molecular weight excluding hydrogens is 172 g/mol. The van der Waals surface area contributed by atoms with E-state index >= 15 is 0 Å². The van der Waals surface area contributed by atoms with Crippen molar-refractivity contribution in [2.45, 2.75) is 64.8 Å². The van der Waals surface area contributed by atoms with Gasteiger partial charge in [0, 0.05) is 6.04 Å². The van der Waals surface area contributed by atoms with Crippen LogP contribution in [0.15, 0.2) is 0 Å². The Morgan fingerprint density at radius 3 is 2.50 bits per heavy atom. The Kier molecular flexibility index (Phi) is 5.49. The third-order valence-electron chi connectivity index (χ3n) is 3.71. The number of hydrogen-bond donors (Lipinski definition) is 2. The third kappa shape index (κ3) is 3.97. The fraction of sp³-hybridized carbons (Fsp3) is 1.00. The number of nitrogens with one attached hydrogen (secondary N) is 1. The van der Waals surface area contributed by atoms with Gasteiger partial charge in [0.1, 0.15) is 0 Å². The minimum absolute atomic E-state index is 0.549. The standard InChI is InChI=1S/C12H26N2/c1-3-10(2)8-12(14-13)9-11-6-4-5-7-11/h10-12,14H,3-9,13H2,1-2H3. The van der Waals surface area contributed by atoms with Crippen LogP contribution < -0.4 is 11.3 Å². The van der Waals surface area contributed by atoms with Crippen molar-refractivity contribution in [3.05, 3.63) is 0 Å². The monoisotopic (exact) mass is 198 g/mol. The number of rotatable bonds is 6. The van der Waals surface area contributed by atoms with E-state index in [1.165, 1.54) is 44.9 Å². The van der Waals surface area contributed by atoms with Gasteiger partial charge in [-0.05, 0) is 24.7 Å². The Hall–Kier alpha value is -0.0800. The summed E-state index contributed by atoms with van der Waals surface area (Å²) in [6.07, 6.45) is 9.53. The van der Waals surface area contributed by atoms with Crippen molar-refractivity contribution in [1.29, 1.82) is 0 Å². The maximum Gasteiger partial charge on any atom is 0.0215 e. The highest BCUT2D eigenvalue weighted by Gasteiger charge is 2.20. The van der Waals surface area contributed by atoms with E-state index in [4.69, 9.17) is 5.84 Å². The molecule has 2 nitrogen and oxygen atoms in total. The molecular formula is C12H26N2. The van der Waals surface area contributed by atoms with Crippen LogP contribution in [0.5, 0.6) is 0 Å². The van der Waals surface area contributed by atoms with Crippen LogP contribution in [0.1, 0.15) is 58.8 Å². The van der Waals surface area contributed by atoms with Gasteiger partial charge in [0.2, 0.25) is 0 Å². The van der Waals surface area contributed by atoms with E-state index in [9.17, 15) is 0 Å². The summed E-state index contributed by atoms with van der Waals surface area (Å²) in [5.41, 5.74) is 2.99. The molecule has 0 heterocycles. The first-order valence-corrected chi connectivity index (χ1v) is 6.22. The summed E-state index contributed by atoms with van der Waals surface area (Å²) < 4.78 is 0. The lowest BCUT2D eigenvalue weighted by Gasteiger charge is -2.22. The highest BCUT2D eigenvalue weighted by Crippen LogP contribution is 2.29. The lowest BCUT2D eigenvalue weighted by molar-refractivity contribution is 0.331. The molecule has 1 aliphatic carbocycles. The molecule has 0 saturated heterocycles. The molecule has 3 N–H and O–H groups in total. The summed E-state index contributed by atoms with van der Waals surface area (Å²) in [6.45, 7) is 4.58. The van der Waals surface area contributed by atoms with Gasteiger partial charge in [-0.25, -0.2) is 0 Å². The van der Waals surface area contributed by atoms with Crippen LogP contribution in [0, 0.1) is 11.8 Å². The van der Waals surface area contributed by atoms with Crippen LogP contribution in [0.25, 0.3) is 0 Å². The molecule has 0 aliphatic heterocycles. The Morgan fingerprint density at radius 2 is 2.00 bits per heavy atom. The van der Waals surface area contributed by atoms with Gasteiger partial charge < -0.3 is 0 Å². The first-order valence-electron chi connectivity index (χ1n) is 6.22. The van der Waals surface area contributed by atoms with Gasteiger partial charge in [-0.3, -0.25) is 11.3 Å². The second-order valence-electron chi connectivity index (χ2n) is 5.00. The average Bonchev–Trinajstić information content (AvgIpc) is 2.69. The molecule has 1 fully saturated rings. The Balaban J connectivity index is 2.22. The molecule has 0 spiro atoms. The summed E-state index contributed by atoms with van der Waals surface area (Å²) in [4.78, 5) is 0. The van der Waals surface area contributed by atoms with Crippen LogP contribution in [-0.2, 0) is 0 Å². The van der Waals surface area contributed by atoms with Crippen molar-refractivity contribution in [2.75, 3.05) is 0 Å². The van der Waals surface area contributed by atoms with Crippen molar-refractivity contribution in [1.82, 2.24) is 5.43 Å². The lowest BCUT2D eigenvalue weighted by atomic mass is 9.91. The zero-order chi connectivity index (χ0) is 10.4. The molecule has 0 amide bonds. The van der Waals surface area contributed by atoms with Gasteiger partial charge in [0.05, 0.1) is 0 Å². The largest absolute Gasteiger partial charge is 0.271 e. The second-order valence-corrected chi connectivity index (χ2v) is 5.00. The molecule has 84 valence electrons. The smallest absolute Gasteiger partial charge is 0.0215 e. The quantitative estimate of drug-likeness (QED) is 0.509. The molecule has 0 radical (unpaired) electrons. The minimum Gasteiger partial charge on any atom is -0.271 e. The maximum atomic E-state index is 5.60. The van der Waals surface area contributed by atoms with E-state index < -0.39 is 0 Å². The fourth-order valence-corrected chi connectivity index (χ4v) is 2.53. The van der Waals surface area contributed by atoms with Crippen LogP contribution >= 0.6 is 0 Å². The van der Waals surface area contributed by atoms with E-state index in [1.54, 1.807) is 0 Å². The normalized spacial score (nSPS) is 22.5. The van der Waals surface area contributed by atoms with E-state index in [0.29, 0.717) is 6.04 Å². The molecule has 2 heteroatoms. The van der Waals surface area contributed by atoms with Crippen LogP contribution in [-0.4, -0.2) is 6.04 Å². The lowest BCUT2D eigenvalue weighted by Crippen LogP contribution is -2.37. The zero-order valence-electron chi connectivity index (χ0n) is 9.76. The molecule has 2 atom stereocenters. The fourth-order valence-electron chi connectivity index (χ4n) is 2.53. The molecule has 14 heavy (non-hydrogen) atoms. The van der Waals surface area contributed by atoms with Gasteiger partial charge in [-0.1, -0.05) is 46.0 Å². The average molecular weight is 198 g/mol. The molecule has 0 aromatic rings. The highest BCUT2D eigenvalue weighted by atomic mass is 15.2. The Bertz CT molecular complexity index is 141. The summed E-state index contributed by atoms with van der Waals surface area (Å²) in [5.74, 6) is 7.35. The van der Waals surface area contributed by atoms with Crippen LogP contribution in [0.4, 0.5) is 0 Å². The SMILES string of the molecule is CCC(C)CC(CC1CCCC1)NN. The molecule has 0 aromatic heterocycles. The van der Waals surface area contributed by atoms with Crippen molar-refractivity contribution < 1.29 is 0 Å². The first kappa shape index (κ1) is 12.0. The predicted octanol–water partition coefficient (Wildman–Crippen LogP) is 2.83. The summed E-state index contributed by atoms with van der Waals surface area (Å²) in [7, 11) is 0. The first-order chi connectivity index (χ1) is 6.76. The van der Waals surface area contributed by atoms with Gasteiger partial charge in [-0.15, -0.1) is 0 Å². The molecule has 1 saturated carbocycles. The number of hydrazine groups is 1. The summed E-state index contributed by atoms with van der Waals surface area (Å²) >= 11 is 0. The van der Waals surface area contributed by atoms with Crippen molar-refractivity contribution in [3.63, 3.8) is 0 Å².